The highest BCUT2D eigenvalue weighted by molar-refractivity contribution is 7.00. The van der Waals surface area contributed by atoms with Crippen molar-refractivity contribution < 1.29 is 19.4 Å². The van der Waals surface area contributed by atoms with Crippen molar-refractivity contribution >= 4 is 28.7 Å². The van der Waals surface area contributed by atoms with Gasteiger partial charge in [0.25, 0.3) is 0 Å². The number of carboxylic acid groups (broad SMARTS) is 1. The van der Waals surface area contributed by atoms with Crippen LogP contribution in [-0.2, 0) is 13.0 Å². The molecule has 0 saturated carbocycles. The summed E-state index contributed by atoms with van der Waals surface area (Å²) in [6.45, 7) is 0.467. The second kappa shape index (κ2) is 8.27. The van der Waals surface area contributed by atoms with Crippen molar-refractivity contribution in [2.75, 3.05) is 6.79 Å². The topological polar surface area (TPSA) is 99.4 Å². The highest BCUT2D eigenvalue weighted by Gasteiger charge is 2.25. The Morgan fingerprint density at radius 3 is 2.59 bits per heavy atom. The zero-order valence-corrected chi connectivity index (χ0v) is 18.7. The largest absolute Gasteiger partial charge is 0.477 e. The first-order chi connectivity index (χ1) is 16.7. The van der Waals surface area contributed by atoms with Crippen LogP contribution in [0.5, 0.6) is 11.5 Å². The molecular weight excluding hydrogens is 452 g/mol. The van der Waals surface area contributed by atoms with Gasteiger partial charge in [-0.1, -0.05) is 42.5 Å². The maximum Gasteiger partial charge on any atom is 0.354 e. The van der Waals surface area contributed by atoms with Gasteiger partial charge in [0, 0.05) is 17.5 Å². The molecule has 0 aliphatic carbocycles. The molecule has 6 rings (SSSR count). The molecule has 2 aromatic heterocycles. The quantitative estimate of drug-likeness (QED) is 0.387. The molecule has 0 saturated heterocycles. The number of nitrogens with zero attached hydrogens (tertiary/aromatic N) is 4. The first kappa shape index (κ1) is 20.4. The first-order valence-corrected chi connectivity index (χ1v) is 11.4. The molecule has 3 aromatic carbocycles. The third-order valence-corrected chi connectivity index (χ3v) is 6.33. The van der Waals surface area contributed by atoms with Crippen LogP contribution in [0, 0.1) is 0 Å². The molecule has 0 amide bonds. The number of carbonyl (C=O) groups is 1. The van der Waals surface area contributed by atoms with Gasteiger partial charge in [0.05, 0.1) is 24.0 Å². The summed E-state index contributed by atoms with van der Waals surface area (Å²) in [5.74, 6) is 0.303. The van der Waals surface area contributed by atoms with E-state index >= 15 is 0 Å². The fourth-order valence-electron chi connectivity index (χ4n) is 4.20. The van der Waals surface area contributed by atoms with E-state index in [-0.39, 0.29) is 19.0 Å². The smallest absolute Gasteiger partial charge is 0.354 e. The number of rotatable bonds is 6. The van der Waals surface area contributed by atoms with Crippen molar-refractivity contribution in [3.8, 4) is 22.8 Å². The summed E-state index contributed by atoms with van der Waals surface area (Å²) < 4.78 is 21.0. The Labute approximate surface area is 198 Å². The molecule has 1 aliphatic rings. The fourth-order valence-corrected chi connectivity index (χ4v) is 4.72. The van der Waals surface area contributed by atoms with Crippen LogP contribution < -0.4 is 9.47 Å². The molecule has 0 atom stereocenters. The molecule has 34 heavy (non-hydrogen) atoms. The number of benzene rings is 3. The van der Waals surface area contributed by atoms with E-state index in [1.165, 1.54) is 0 Å². The molecule has 0 unspecified atom stereocenters. The van der Waals surface area contributed by atoms with E-state index in [2.05, 4.69) is 8.75 Å². The first-order valence-electron chi connectivity index (χ1n) is 10.6. The Morgan fingerprint density at radius 2 is 1.74 bits per heavy atom. The lowest BCUT2D eigenvalue weighted by atomic mass is 9.98. The summed E-state index contributed by atoms with van der Waals surface area (Å²) in [7, 11) is 0. The van der Waals surface area contributed by atoms with E-state index < -0.39 is 5.97 Å². The Balaban J connectivity index is 1.46. The van der Waals surface area contributed by atoms with Crippen LogP contribution >= 0.6 is 11.7 Å². The summed E-state index contributed by atoms with van der Waals surface area (Å²) in [5, 5.41) is 15.0. The number of ether oxygens (including phenoxy) is 2. The van der Waals surface area contributed by atoms with E-state index in [9.17, 15) is 9.90 Å². The molecule has 0 spiro atoms. The fraction of sp³-hybridized carbons (Fsp3) is 0.120. The third-order valence-electron chi connectivity index (χ3n) is 5.77. The average Bonchev–Trinajstić information content (AvgIpc) is 3.58. The van der Waals surface area contributed by atoms with Crippen molar-refractivity contribution in [2.24, 2.45) is 0 Å². The van der Waals surface area contributed by atoms with Crippen LogP contribution in [0.3, 0.4) is 0 Å². The molecule has 3 heterocycles. The van der Waals surface area contributed by atoms with E-state index in [1.54, 1.807) is 4.68 Å². The van der Waals surface area contributed by atoms with Crippen molar-refractivity contribution in [3.05, 3.63) is 89.1 Å². The van der Waals surface area contributed by atoms with Gasteiger partial charge < -0.3 is 14.6 Å². The van der Waals surface area contributed by atoms with Crippen LogP contribution in [0.15, 0.2) is 66.7 Å². The van der Waals surface area contributed by atoms with Crippen molar-refractivity contribution in [1.82, 2.24) is 18.5 Å². The van der Waals surface area contributed by atoms with Gasteiger partial charge in [-0.05, 0) is 35.4 Å². The number of aromatic carboxylic acids is 1. The standard InChI is InChI=1S/C25H18N4O4S/c30-25(31)24-18(10-15-6-8-19-20(11-15)28-34-27-19)23(17-4-2-1-3-5-17)26-29(24)13-16-7-9-21-22(12-16)33-14-32-21/h1-9,11-12H,10,13-14H2,(H,30,31). The lowest BCUT2D eigenvalue weighted by Gasteiger charge is -2.08. The monoisotopic (exact) mass is 470 g/mol. The van der Waals surface area contributed by atoms with Crippen molar-refractivity contribution in [3.63, 3.8) is 0 Å². The lowest BCUT2D eigenvalue weighted by Crippen LogP contribution is -2.13. The minimum atomic E-state index is -1.03. The Bertz CT molecular complexity index is 1530. The number of hydrogen-bond donors (Lipinski definition) is 1. The molecule has 0 fully saturated rings. The minimum absolute atomic E-state index is 0.160. The van der Waals surface area contributed by atoms with E-state index in [0.717, 1.165) is 39.5 Å². The van der Waals surface area contributed by atoms with Gasteiger partial charge in [-0.25, -0.2) is 4.79 Å². The van der Waals surface area contributed by atoms with E-state index in [0.29, 0.717) is 29.2 Å². The minimum Gasteiger partial charge on any atom is -0.477 e. The van der Waals surface area contributed by atoms with Crippen LogP contribution in [0.1, 0.15) is 27.2 Å². The van der Waals surface area contributed by atoms with Crippen LogP contribution in [0.25, 0.3) is 22.3 Å². The summed E-state index contributed by atoms with van der Waals surface area (Å²) >= 11 is 1.16. The number of carboxylic acids is 1. The van der Waals surface area contributed by atoms with Crippen LogP contribution in [0.4, 0.5) is 0 Å². The van der Waals surface area contributed by atoms with Crippen LogP contribution in [-0.4, -0.2) is 36.4 Å². The molecule has 1 N–H and O–H groups in total. The van der Waals surface area contributed by atoms with Gasteiger partial charge in [-0.2, -0.15) is 13.8 Å². The molecule has 168 valence electrons. The molecule has 5 aromatic rings. The number of fused-ring (bicyclic) bond motifs is 2. The molecule has 8 nitrogen and oxygen atoms in total. The summed E-state index contributed by atoms with van der Waals surface area (Å²) in [6, 6.07) is 21.1. The van der Waals surface area contributed by atoms with Gasteiger partial charge in [0.2, 0.25) is 6.79 Å². The zero-order valence-electron chi connectivity index (χ0n) is 17.8. The molecule has 0 bridgehead atoms. The van der Waals surface area contributed by atoms with Gasteiger partial charge in [-0.3, -0.25) is 4.68 Å². The lowest BCUT2D eigenvalue weighted by molar-refractivity contribution is 0.0683. The predicted octanol–water partition coefficient (Wildman–Crippen LogP) is 4.62. The molecular formula is C25H18N4O4S. The van der Waals surface area contributed by atoms with Gasteiger partial charge in [0.15, 0.2) is 17.2 Å². The highest BCUT2D eigenvalue weighted by atomic mass is 32.1. The Morgan fingerprint density at radius 1 is 0.941 bits per heavy atom. The normalized spacial score (nSPS) is 12.4. The van der Waals surface area contributed by atoms with Gasteiger partial charge in [-0.15, -0.1) is 0 Å². The summed E-state index contributed by atoms with van der Waals surface area (Å²) in [5.41, 5.74) is 5.77. The van der Waals surface area contributed by atoms with E-state index in [1.807, 2.05) is 66.7 Å². The maximum atomic E-state index is 12.5. The summed E-state index contributed by atoms with van der Waals surface area (Å²) in [6.07, 6.45) is 0.403. The summed E-state index contributed by atoms with van der Waals surface area (Å²) in [4.78, 5) is 12.5. The Kier molecular flexibility index (Phi) is 4.96. The maximum absolute atomic E-state index is 12.5. The average molecular weight is 471 g/mol. The molecule has 9 heteroatoms. The second-order valence-corrected chi connectivity index (χ2v) is 8.48. The molecule has 0 radical (unpaired) electrons. The third kappa shape index (κ3) is 3.65. The number of hydrogen-bond acceptors (Lipinski definition) is 7. The predicted molar refractivity (Wildman–Crippen MR) is 127 cm³/mol. The Hall–Kier alpha value is -4.24. The number of aromatic nitrogens is 4. The van der Waals surface area contributed by atoms with E-state index in [4.69, 9.17) is 14.6 Å². The SMILES string of the molecule is O=C(O)c1c(Cc2ccc3nsnc3c2)c(-c2ccccc2)nn1Cc1ccc2c(c1)OCO2. The van der Waals surface area contributed by atoms with Crippen molar-refractivity contribution in [2.45, 2.75) is 13.0 Å². The molecule has 1 aliphatic heterocycles. The zero-order chi connectivity index (χ0) is 23.1. The van der Waals surface area contributed by atoms with Crippen LogP contribution in [0.2, 0.25) is 0 Å². The second-order valence-electron chi connectivity index (χ2n) is 7.96. The van der Waals surface area contributed by atoms with Gasteiger partial charge >= 0.3 is 5.97 Å². The van der Waals surface area contributed by atoms with Gasteiger partial charge in [0.1, 0.15) is 11.0 Å². The highest BCUT2D eigenvalue weighted by Crippen LogP contribution is 2.34. The van der Waals surface area contributed by atoms with Crippen molar-refractivity contribution in [1.29, 1.82) is 0 Å².